The van der Waals surface area contributed by atoms with Crippen molar-refractivity contribution < 1.29 is 14.7 Å². The molecule has 0 aliphatic heterocycles. The van der Waals surface area contributed by atoms with E-state index >= 15 is 0 Å². The van der Waals surface area contributed by atoms with Crippen molar-refractivity contribution >= 4 is 11.9 Å². The van der Waals surface area contributed by atoms with Crippen LogP contribution in [-0.4, -0.2) is 34.0 Å². The van der Waals surface area contributed by atoms with Gasteiger partial charge in [0.1, 0.15) is 0 Å². The lowest BCUT2D eigenvalue weighted by molar-refractivity contribution is -0.142. The van der Waals surface area contributed by atoms with Crippen molar-refractivity contribution in [1.82, 2.24) is 4.90 Å². The highest BCUT2D eigenvalue weighted by Crippen LogP contribution is 2.29. The molecule has 5 heteroatoms. The zero-order valence-electron chi connectivity index (χ0n) is 11.6. The molecule has 5 nitrogen and oxygen atoms in total. The number of nitrogens with two attached hydrogens (primary N) is 1. The van der Waals surface area contributed by atoms with Crippen molar-refractivity contribution in [3.63, 3.8) is 0 Å². The van der Waals surface area contributed by atoms with Crippen molar-refractivity contribution in [1.29, 1.82) is 0 Å². The van der Waals surface area contributed by atoms with Gasteiger partial charge in [-0.05, 0) is 25.3 Å². The number of amides is 1. The van der Waals surface area contributed by atoms with E-state index in [9.17, 15) is 9.59 Å². The lowest BCUT2D eigenvalue weighted by Gasteiger charge is -2.25. The zero-order chi connectivity index (χ0) is 14.7. The van der Waals surface area contributed by atoms with Crippen LogP contribution in [-0.2, 0) is 16.1 Å². The quantitative estimate of drug-likeness (QED) is 0.820. The third-order valence-corrected chi connectivity index (χ3v) is 3.42. The first kappa shape index (κ1) is 14.5. The molecule has 0 heterocycles. The second-order valence-electron chi connectivity index (χ2n) is 5.39. The van der Waals surface area contributed by atoms with E-state index in [1.807, 2.05) is 31.2 Å². The van der Waals surface area contributed by atoms with Gasteiger partial charge >= 0.3 is 5.97 Å². The summed E-state index contributed by atoms with van der Waals surface area (Å²) in [5, 5.41) is 8.74. The van der Waals surface area contributed by atoms with Crippen LogP contribution >= 0.6 is 0 Å². The molecule has 1 aromatic rings. The normalized spacial score (nSPS) is 15.7. The summed E-state index contributed by atoms with van der Waals surface area (Å²) in [6, 6.07) is 7.21. The third kappa shape index (κ3) is 3.81. The number of carbonyl (C=O) groups is 2. The predicted octanol–water partition coefficient (Wildman–Crippen LogP) is 1.29. The molecule has 0 radical (unpaired) electrons. The second kappa shape index (κ2) is 6.05. The number of hydrogen-bond donors (Lipinski definition) is 2. The molecule has 1 atom stereocenters. The maximum atomic E-state index is 12.3. The Kier molecular flexibility index (Phi) is 4.39. The molecule has 1 aliphatic rings. The summed E-state index contributed by atoms with van der Waals surface area (Å²) in [5.41, 5.74) is 7.88. The Balaban J connectivity index is 2.07. The Hall–Kier alpha value is -1.88. The molecule has 108 valence electrons. The van der Waals surface area contributed by atoms with Crippen molar-refractivity contribution in [2.75, 3.05) is 0 Å². The van der Waals surface area contributed by atoms with E-state index in [0.29, 0.717) is 6.54 Å². The van der Waals surface area contributed by atoms with Gasteiger partial charge in [-0.15, -0.1) is 0 Å². The number of hydrogen-bond acceptors (Lipinski definition) is 3. The summed E-state index contributed by atoms with van der Waals surface area (Å²) in [6.07, 6.45) is 1.62. The maximum absolute atomic E-state index is 12.3. The largest absolute Gasteiger partial charge is 0.481 e. The Bertz CT molecular complexity index is 512. The number of carboxylic acid groups (broad SMARTS) is 1. The van der Waals surface area contributed by atoms with Gasteiger partial charge in [0.2, 0.25) is 5.91 Å². The standard InChI is InChI=1S/C15H20N2O3/c1-10-3-2-4-11(7-10)9-17(12-5-6-12)15(20)13(16)8-14(18)19/h2-4,7,12-13H,5-6,8-9,16H2,1H3,(H,18,19). The van der Waals surface area contributed by atoms with Gasteiger partial charge in [-0.3, -0.25) is 9.59 Å². The molecule has 1 amide bonds. The van der Waals surface area contributed by atoms with E-state index in [1.165, 1.54) is 0 Å². The molecule has 1 fully saturated rings. The third-order valence-electron chi connectivity index (χ3n) is 3.42. The monoisotopic (exact) mass is 276 g/mol. The van der Waals surface area contributed by atoms with E-state index in [0.717, 1.165) is 24.0 Å². The molecule has 20 heavy (non-hydrogen) atoms. The van der Waals surface area contributed by atoms with Crippen LogP contribution in [0.1, 0.15) is 30.4 Å². The summed E-state index contributed by atoms with van der Waals surface area (Å²) in [4.78, 5) is 24.7. The molecule has 0 spiro atoms. The fraction of sp³-hybridized carbons (Fsp3) is 0.467. The lowest BCUT2D eigenvalue weighted by Crippen LogP contribution is -2.45. The van der Waals surface area contributed by atoms with Gasteiger partial charge in [-0.2, -0.15) is 0 Å². The fourth-order valence-corrected chi connectivity index (χ4v) is 2.27. The van der Waals surface area contributed by atoms with E-state index in [4.69, 9.17) is 10.8 Å². The second-order valence-corrected chi connectivity index (χ2v) is 5.39. The van der Waals surface area contributed by atoms with Crippen LogP contribution in [0.25, 0.3) is 0 Å². The number of aryl methyl sites for hydroxylation is 1. The number of rotatable bonds is 6. The van der Waals surface area contributed by atoms with Crippen LogP contribution in [0.2, 0.25) is 0 Å². The first-order valence-electron chi connectivity index (χ1n) is 6.81. The molecule has 0 saturated heterocycles. The van der Waals surface area contributed by atoms with Crippen LogP contribution in [0.3, 0.4) is 0 Å². The molecule has 0 bridgehead atoms. The number of carbonyl (C=O) groups excluding carboxylic acids is 1. The average Bonchev–Trinajstić information content (AvgIpc) is 3.18. The topological polar surface area (TPSA) is 83.6 Å². The number of aliphatic carboxylic acids is 1. The van der Waals surface area contributed by atoms with Gasteiger partial charge in [0.15, 0.2) is 0 Å². The smallest absolute Gasteiger partial charge is 0.305 e. The van der Waals surface area contributed by atoms with Gasteiger partial charge in [0.05, 0.1) is 12.5 Å². The minimum absolute atomic E-state index is 0.211. The SMILES string of the molecule is Cc1cccc(CN(C(=O)C(N)CC(=O)O)C2CC2)c1. The van der Waals surface area contributed by atoms with Crippen molar-refractivity contribution in [3.05, 3.63) is 35.4 Å². The maximum Gasteiger partial charge on any atom is 0.305 e. The van der Waals surface area contributed by atoms with Crippen LogP contribution in [0, 0.1) is 6.92 Å². The molecule has 1 unspecified atom stereocenters. The van der Waals surface area contributed by atoms with Gasteiger partial charge in [0.25, 0.3) is 0 Å². The molecule has 2 rings (SSSR count). The first-order chi connectivity index (χ1) is 9.47. The minimum atomic E-state index is -1.04. The van der Waals surface area contributed by atoms with Crippen molar-refractivity contribution in [3.8, 4) is 0 Å². The Morgan fingerprint density at radius 1 is 1.45 bits per heavy atom. The Morgan fingerprint density at radius 3 is 2.70 bits per heavy atom. The van der Waals surface area contributed by atoms with Crippen LogP contribution < -0.4 is 5.73 Å². The van der Waals surface area contributed by atoms with E-state index in [-0.39, 0.29) is 18.4 Å². The summed E-state index contributed by atoms with van der Waals surface area (Å²) in [6.45, 7) is 2.50. The molecular formula is C15H20N2O3. The molecule has 1 aliphatic carbocycles. The molecular weight excluding hydrogens is 256 g/mol. The highest BCUT2D eigenvalue weighted by molar-refractivity contribution is 5.86. The summed E-state index contributed by atoms with van der Waals surface area (Å²) < 4.78 is 0. The van der Waals surface area contributed by atoms with E-state index in [1.54, 1.807) is 4.90 Å². The van der Waals surface area contributed by atoms with Gasteiger partial charge < -0.3 is 15.7 Å². The van der Waals surface area contributed by atoms with E-state index < -0.39 is 12.0 Å². The summed E-state index contributed by atoms with van der Waals surface area (Å²) >= 11 is 0. The zero-order valence-corrected chi connectivity index (χ0v) is 11.6. The van der Waals surface area contributed by atoms with Gasteiger partial charge in [-0.25, -0.2) is 0 Å². The summed E-state index contributed by atoms with van der Waals surface area (Å²) in [5.74, 6) is -1.31. The minimum Gasteiger partial charge on any atom is -0.481 e. The summed E-state index contributed by atoms with van der Waals surface area (Å²) in [7, 11) is 0. The van der Waals surface area contributed by atoms with E-state index in [2.05, 4.69) is 0 Å². The Labute approximate surface area is 118 Å². The molecule has 3 N–H and O–H groups in total. The number of benzene rings is 1. The van der Waals surface area contributed by atoms with Crippen LogP contribution in [0.4, 0.5) is 0 Å². The predicted molar refractivity (Wildman–Crippen MR) is 75.0 cm³/mol. The highest BCUT2D eigenvalue weighted by Gasteiger charge is 2.35. The Morgan fingerprint density at radius 2 is 2.15 bits per heavy atom. The number of nitrogens with zero attached hydrogens (tertiary/aromatic N) is 1. The van der Waals surface area contributed by atoms with Crippen molar-refractivity contribution in [2.24, 2.45) is 5.73 Å². The molecule has 1 saturated carbocycles. The lowest BCUT2D eigenvalue weighted by atomic mass is 10.1. The highest BCUT2D eigenvalue weighted by atomic mass is 16.4. The molecule has 1 aromatic carbocycles. The van der Waals surface area contributed by atoms with Crippen LogP contribution in [0.15, 0.2) is 24.3 Å². The van der Waals surface area contributed by atoms with Gasteiger partial charge in [-0.1, -0.05) is 29.8 Å². The fourth-order valence-electron chi connectivity index (χ4n) is 2.27. The molecule has 0 aromatic heterocycles. The van der Waals surface area contributed by atoms with Crippen LogP contribution in [0.5, 0.6) is 0 Å². The first-order valence-corrected chi connectivity index (χ1v) is 6.81. The average molecular weight is 276 g/mol. The van der Waals surface area contributed by atoms with Crippen molar-refractivity contribution in [2.45, 2.75) is 44.8 Å². The van der Waals surface area contributed by atoms with Gasteiger partial charge in [0, 0.05) is 12.6 Å². The number of carboxylic acids is 1.